The fourth-order valence-corrected chi connectivity index (χ4v) is 1.14. The summed E-state index contributed by atoms with van der Waals surface area (Å²) in [5.74, 6) is -2.76. The third kappa shape index (κ3) is 17.2. The van der Waals surface area contributed by atoms with E-state index in [4.69, 9.17) is 19.9 Å². The molecule has 0 atom stereocenters. The van der Waals surface area contributed by atoms with Crippen LogP contribution in [0.1, 0.15) is 0 Å². The summed E-state index contributed by atoms with van der Waals surface area (Å²) in [6.07, 6.45) is 18.5. The second-order valence-corrected chi connectivity index (χ2v) is 4.50. The quantitative estimate of drug-likeness (QED) is 0.658. The Kier molecular flexibility index (Phi) is 14.0. The van der Waals surface area contributed by atoms with Gasteiger partial charge in [-0.1, -0.05) is 24.3 Å². The van der Waals surface area contributed by atoms with Crippen molar-refractivity contribution in [1.29, 1.82) is 5.26 Å². The van der Waals surface area contributed by atoms with E-state index in [2.05, 4.69) is 15.0 Å². The highest BCUT2D eigenvalue weighted by atomic mass is 19.4. The zero-order chi connectivity index (χ0) is 21.8. The number of allylic oxidation sites excluding steroid dienone is 8. The first-order valence-corrected chi connectivity index (χ1v) is 7.79. The molecule has 1 aliphatic rings. The fourth-order valence-electron chi connectivity index (χ4n) is 1.14. The normalized spacial score (nSPS) is 14.9. The van der Waals surface area contributed by atoms with E-state index < -0.39 is 12.1 Å². The molecular formula is C19H17F3N4O3. The SMILES string of the molecule is N#CC1=CN=CC=NC=CC=CC=COCC=CC=CC=N1.O=C(O)C(F)(F)F. The summed E-state index contributed by atoms with van der Waals surface area (Å²) in [5, 5.41) is 16.0. The van der Waals surface area contributed by atoms with E-state index >= 15 is 0 Å². The Balaban J connectivity index is 0.000000956. The van der Waals surface area contributed by atoms with Crippen LogP contribution in [0.2, 0.25) is 0 Å². The molecule has 0 saturated heterocycles. The van der Waals surface area contributed by atoms with Gasteiger partial charge in [0, 0.05) is 24.8 Å². The van der Waals surface area contributed by atoms with Crippen molar-refractivity contribution in [3.63, 3.8) is 0 Å². The van der Waals surface area contributed by atoms with Crippen LogP contribution in [0, 0.1) is 11.3 Å². The first-order chi connectivity index (χ1) is 13.9. The summed E-state index contributed by atoms with van der Waals surface area (Å²) in [7, 11) is 0. The molecule has 1 rings (SSSR count). The zero-order valence-electron chi connectivity index (χ0n) is 15.0. The number of rotatable bonds is 0. The molecule has 152 valence electrons. The molecule has 0 unspecified atom stereocenters. The minimum absolute atomic E-state index is 0.208. The second-order valence-electron chi connectivity index (χ2n) is 4.50. The van der Waals surface area contributed by atoms with Gasteiger partial charge >= 0.3 is 12.1 Å². The Bertz CT molecular complexity index is 810. The van der Waals surface area contributed by atoms with Crippen molar-refractivity contribution in [2.45, 2.75) is 6.18 Å². The Hall–Kier alpha value is -4.00. The summed E-state index contributed by atoms with van der Waals surface area (Å²) < 4.78 is 37.0. The summed E-state index contributed by atoms with van der Waals surface area (Å²) in [5.41, 5.74) is 0.208. The molecule has 0 spiro atoms. The zero-order valence-corrected chi connectivity index (χ0v) is 15.0. The van der Waals surface area contributed by atoms with E-state index in [0.29, 0.717) is 6.61 Å². The van der Waals surface area contributed by atoms with Crippen molar-refractivity contribution in [2.75, 3.05) is 6.61 Å². The van der Waals surface area contributed by atoms with Crippen molar-refractivity contribution < 1.29 is 27.8 Å². The number of halogens is 3. The van der Waals surface area contributed by atoms with Crippen molar-refractivity contribution >= 4 is 24.6 Å². The third-order valence-corrected chi connectivity index (χ3v) is 2.32. The lowest BCUT2D eigenvalue weighted by molar-refractivity contribution is -0.192. The van der Waals surface area contributed by atoms with Gasteiger partial charge in [-0.05, 0) is 24.3 Å². The molecule has 1 heterocycles. The van der Waals surface area contributed by atoms with E-state index in [1.54, 1.807) is 36.8 Å². The van der Waals surface area contributed by atoms with Crippen LogP contribution >= 0.6 is 0 Å². The largest absolute Gasteiger partial charge is 0.497 e. The second kappa shape index (κ2) is 16.2. The molecular weight excluding hydrogens is 389 g/mol. The van der Waals surface area contributed by atoms with Crippen molar-refractivity contribution in [3.05, 3.63) is 73.0 Å². The van der Waals surface area contributed by atoms with Crippen LogP contribution in [0.15, 0.2) is 87.9 Å². The van der Waals surface area contributed by atoms with E-state index in [9.17, 15) is 13.2 Å². The van der Waals surface area contributed by atoms with Crippen molar-refractivity contribution in [1.82, 2.24) is 0 Å². The molecule has 0 aromatic carbocycles. The Morgan fingerprint density at radius 1 is 1.03 bits per heavy atom. The number of nitrogens with zero attached hydrogens (tertiary/aromatic N) is 4. The molecule has 29 heavy (non-hydrogen) atoms. The maximum Gasteiger partial charge on any atom is 0.490 e. The van der Waals surface area contributed by atoms with Gasteiger partial charge in [0.05, 0.1) is 12.5 Å². The summed E-state index contributed by atoms with van der Waals surface area (Å²) >= 11 is 0. The van der Waals surface area contributed by atoms with Crippen molar-refractivity contribution in [3.8, 4) is 6.07 Å². The third-order valence-electron chi connectivity index (χ3n) is 2.32. The molecule has 0 saturated carbocycles. The Labute approximate surface area is 165 Å². The monoisotopic (exact) mass is 406 g/mol. The highest BCUT2D eigenvalue weighted by molar-refractivity contribution is 6.16. The molecule has 10 heteroatoms. The first kappa shape index (κ1) is 25.0. The van der Waals surface area contributed by atoms with Gasteiger partial charge in [-0.2, -0.15) is 18.4 Å². The number of carboxylic acid groups (broad SMARTS) is 1. The molecule has 0 aromatic heterocycles. The van der Waals surface area contributed by atoms with Crippen LogP contribution in [0.5, 0.6) is 0 Å². The fraction of sp³-hybridized carbons (Fsp3) is 0.105. The highest BCUT2D eigenvalue weighted by Crippen LogP contribution is 2.13. The van der Waals surface area contributed by atoms with Gasteiger partial charge in [-0.15, -0.1) is 0 Å². The number of alkyl halides is 3. The van der Waals surface area contributed by atoms with E-state index in [1.165, 1.54) is 24.8 Å². The van der Waals surface area contributed by atoms with Gasteiger partial charge < -0.3 is 9.84 Å². The average molecular weight is 406 g/mol. The molecule has 1 N–H and O–H groups in total. The summed E-state index contributed by atoms with van der Waals surface area (Å²) in [6.45, 7) is 0.476. The molecule has 0 aromatic rings. The van der Waals surface area contributed by atoms with E-state index in [-0.39, 0.29) is 5.70 Å². The van der Waals surface area contributed by atoms with Crippen molar-refractivity contribution in [2.24, 2.45) is 15.0 Å². The predicted octanol–water partition coefficient (Wildman–Crippen LogP) is 3.92. The number of nitriles is 1. The molecule has 0 radical (unpaired) electrons. The molecule has 1 aliphatic heterocycles. The summed E-state index contributed by atoms with van der Waals surface area (Å²) in [4.78, 5) is 20.8. The standard InChI is InChI=1S/C17H16N4O.C2HF3O2/c18-15-17-16-20-12-11-19-9-5-1-3-7-13-22-14-8-4-2-6-10-21-17;3-2(4,5)1(6)7/h1-13,16H,14H2;(H,6,7). The maximum atomic E-state index is 10.6. The molecule has 0 fully saturated rings. The number of carbonyl (C=O) groups is 1. The lowest BCUT2D eigenvalue weighted by Gasteiger charge is -1.93. The van der Waals surface area contributed by atoms with Gasteiger partial charge in [0.15, 0.2) is 5.70 Å². The van der Waals surface area contributed by atoms with Crippen LogP contribution in [-0.2, 0) is 9.53 Å². The van der Waals surface area contributed by atoms with Gasteiger partial charge in [0.25, 0.3) is 0 Å². The topological polar surface area (TPSA) is 107 Å². The van der Waals surface area contributed by atoms with Gasteiger partial charge in [0.2, 0.25) is 0 Å². The number of ether oxygens (including phenoxy) is 1. The van der Waals surface area contributed by atoms with Crippen LogP contribution in [0.25, 0.3) is 0 Å². The van der Waals surface area contributed by atoms with Gasteiger partial charge in [0.1, 0.15) is 12.7 Å². The summed E-state index contributed by atoms with van der Waals surface area (Å²) in [6, 6.07) is 1.94. The maximum absolute atomic E-state index is 10.6. The smallest absolute Gasteiger partial charge is 0.490 e. The van der Waals surface area contributed by atoms with E-state index in [0.717, 1.165) is 0 Å². The lowest BCUT2D eigenvalue weighted by Crippen LogP contribution is -2.21. The average Bonchev–Trinajstić information content (AvgIpc) is 2.67. The molecule has 0 aliphatic carbocycles. The minimum Gasteiger partial charge on any atom is -0.497 e. The molecule has 0 bridgehead atoms. The Morgan fingerprint density at radius 2 is 1.69 bits per heavy atom. The van der Waals surface area contributed by atoms with Crippen LogP contribution in [-0.4, -0.2) is 42.5 Å². The Morgan fingerprint density at radius 3 is 2.38 bits per heavy atom. The first-order valence-electron chi connectivity index (χ1n) is 7.79. The van der Waals surface area contributed by atoms with Gasteiger partial charge in [-0.25, -0.2) is 9.79 Å². The van der Waals surface area contributed by atoms with Crippen LogP contribution < -0.4 is 0 Å². The molecule has 7 nitrogen and oxygen atoms in total. The van der Waals surface area contributed by atoms with Crippen LogP contribution in [0.4, 0.5) is 13.2 Å². The number of aliphatic carboxylic acids is 1. The van der Waals surface area contributed by atoms with Crippen LogP contribution in [0.3, 0.4) is 0 Å². The molecule has 0 amide bonds. The van der Waals surface area contributed by atoms with E-state index in [1.807, 2.05) is 30.4 Å². The highest BCUT2D eigenvalue weighted by Gasteiger charge is 2.38. The number of aliphatic imine (C=N–C) groups is 3. The minimum atomic E-state index is -5.08. The van der Waals surface area contributed by atoms with Gasteiger partial charge in [-0.3, -0.25) is 9.98 Å². The predicted molar refractivity (Wildman–Crippen MR) is 105 cm³/mol. The number of carboxylic acids is 1. The number of hydrogen-bond donors (Lipinski definition) is 1. The lowest BCUT2D eigenvalue weighted by atomic mass is 10.4. The number of hydrogen-bond acceptors (Lipinski definition) is 6.